The van der Waals surface area contributed by atoms with Crippen LogP contribution in [0.2, 0.25) is 0 Å². The topological polar surface area (TPSA) is 75.7 Å². The Balaban J connectivity index is 2.30. The summed E-state index contributed by atoms with van der Waals surface area (Å²) in [5, 5.41) is 1.65. The van der Waals surface area contributed by atoms with E-state index in [1.54, 1.807) is 12.3 Å². The largest absolute Gasteiger partial charge is 0.465 e. The van der Waals surface area contributed by atoms with Crippen molar-refractivity contribution in [1.29, 1.82) is 0 Å². The molecule has 1 saturated heterocycles. The molecule has 2 rings (SSSR count). The van der Waals surface area contributed by atoms with Gasteiger partial charge in [0.2, 0.25) is 10.0 Å². The van der Waals surface area contributed by atoms with E-state index in [1.807, 2.05) is 7.05 Å². The molecule has 1 unspecified atom stereocenters. The van der Waals surface area contributed by atoms with E-state index in [9.17, 15) is 13.2 Å². The second-order valence-corrected chi connectivity index (χ2v) is 7.47. The predicted molar refractivity (Wildman–Crippen MR) is 76.6 cm³/mol. The molecule has 1 aromatic heterocycles. The zero-order chi connectivity index (χ0) is 14.9. The number of methoxy groups -OCH3 is 1. The number of carbonyl (C=O) groups excluding carboxylic acids is 1. The van der Waals surface area contributed by atoms with Gasteiger partial charge in [0.1, 0.15) is 9.77 Å². The molecular weight excluding hydrogens is 300 g/mol. The van der Waals surface area contributed by atoms with Crippen molar-refractivity contribution in [3.63, 3.8) is 0 Å². The summed E-state index contributed by atoms with van der Waals surface area (Å²) in [6, 6.07) is -0.116. The molecule has 1 aromatic rings. The van der Waals surface area contributed by atoms with E-state index in [1.165, 1.54) is 7.11 Å². The highest BCUT2D eigenvalue weighted by Crippen LogP contribution is 2.28. The zero-order valence-corrected chi connectivity index (χ0v) is 13.3. The normalized spacial score (nSPS) is 20.2. The predicted octanol–water partition coefficient (Wildman–Crippen LogP) is 0.826. The van der Waals surface area contributed by atoms with Crippen LogP contribution in [0.4, 0.5) is 0 Å². The lowest BCUT2D eigenvalue weighted by Gasteiger charge is -2.14. The second kappa shape index (κ2) is 5.80. The van der Waals surface area contributed by atoms with Crippen LogP contribution in [0.1, 0.15) is 21.7 Å². The highest BCUT2D eigenvalue weighted by Gasteiger charge is 2.31. The minimum absolute atomic E-state index is 0.0453. The van der Waals surface area contributed by atoms with Crippen molar-refractivity contribution >= 4 is 27.3 Å². The monoisotopic (exact) mass is 318 g/mol. The number of esters is 1. The number of thiophene rings is 1. The molecule has 112 valence electrons. The van der Waals surface area contributed by atoms with E-state index in [0.29, 0.717) is 12.1 Å². The molecule has 2 heterocycles. The number of likely N-dealkylation sites (tertiary alicyclic amines) is 1. The smallest absolute Gasteiger partial charge is 0.349 e. The van der Waals surface area contributed by atoms with Crippen molar-refractivity contribution in [3.05, 3.63) is 15.8 Å². The van der Waals surface area contributed by atoms with Crippen LogP contribution in [0.5, 0.6) is 0 Å². The summed E-state index contributed by atoms with van der Waals surface area (Å²) in [4.78, 5) is 13.9. The average Bonchev–Trinajstić information content (AvgIpc) is 2.94. The van der Waals surface area contributed by atoms with E-state index in [-0.39, 0.29) is 15.8 Å². The number of ether oxygens (including phenoxy) is 1. The summed E-state index contributed by atoms with van der Waals surface area (Å²) in [6.07, 6.45) is 0.770. The summed E-state index contributed by atoms with van der Waals surface area (Å²) in [5.41, 5.74) is 0.564. The molecule has 0 radical (unpaired) electrons. The summed E-state index contributed by atoms with van der Waals surface area (Å²) < 4.78 is 32.3. The molecule has 8 heteroatoms. The molecule has 0 amide bonds. The van der Waals surface area contributed by atoms with Crippen molar-refractivity contribution in [2.24, 2.45) is 0 Å². The van der Waals surface area contributed by atoms with Gasteiger partial charge in [-0.25, -0.2) is 17.9 Å². The van der Waals surface area contributed by atoms with Crippen LogP contribution in [-0.4, -0.2) is 52.6 Å². The standard InChI is InChI=1S/C12H18N2O4S2/c1-8-7-19-10(12(15)18-3)11(8)20(16,17)13-9-4-5-14(2)6-9/h7,9,13H,4-6H2,1-3H3. The van der Waals surface area contributed by atoms with E-state index in [4.69, 9.17) is 0 Å². The molecule has 0 saturated carbocycles. The van der Waals surface area contributed by atoms with Crippen molar-refractivity contribution in [2.75, 3.05) is 27.2 Å². The van der Waals surface area contributed by atoms with Crippen LogP contribution in [-0.2, 0) is 14.8 Å². The number of rotatable bonds is 4. The summed E-state index contributed by atoms with van der Waals surface area (Å²) in [7, 11) is -0.516. The molecule has 0 bridgehead atoms. The SMILES string of the molecule is COC(=O)c1scc(C)c1S(=O)(=O)NC1CCN(C)C1. The van der Waals surface area contributed by atoms with Crippen LogP contribution >= 0.6 is 11.3 Å². The van der Waals surface area contributed by atoms with Gasteiger partial charge < -0.3 is 9.64 Å². The maximum Gasteiger partial charge on any atom is 0.349 e. The van der Waals surface area contributed by atoms with Gasteiger partial charge >= 0.3 is 5.97 Å². The zero-order valence-electron chi connectivity index (χ0n) is 11.7. The third kappa shape index (κ3) is 3.03. The third-order valence-electron chi connectivity index (χ3n) is 3.27. The molecule has 1 atom stereocenters. The van der Waals surface area contributed by atoms with Crippen LogP contribution in [0, 0.1) is 6.92 Å². The lowest BCUT2D eigenvalue weighted by atomic mass is 10.3. The molecule has 6 nitrogen and oxygen atoms in total. The fourth-order valence-corrected chi connectivity index (χ4v) is 5.28. The Morgan fingerprint density at radius 3 is 2.80 bits per heavy atom. The quantitative estimate of drug-likeness (QED) is 0.832. The first-order valence-electron chi connectivity index (χ1n) is 6.22. The van der Waals surface area contributed by atoms with Crippen LogP contribution in [0.3, 0.4) is 0 Å². The van der Waals surface area contributed by atoms with Gasteiger partial charge in [-0.1, -0.05) is 0 Å². The first kappa shape index (κ1) is 15.4. The van der Waals surface area contributed by atoms with Crippen molar-refractivity contribution < 1.29 is 17.9 Å². The van der Waals surface area contributed by atoms with E-state index < -0.39 is 16.0 Å². The minimum atomic E-state index is -3.71. The Morgan fingerprint density at radius 1 is 1.55 bits per heavy atom. The van der Waals surface area contributed by atoms with Crippen LogP contribution in [0.15, 0.2) is 10.3 Å². The fraction of sp³-hybridized carbons (Fsp3) is 0.583. The number of likely N-dealkylation sites (N-methyl/N-ethyl adjacent to an activating group) is 1. The number of nitrogens with one attached hydrogen (secondary N) is 1. The van der Waals surface area contributed by atoms with Gasteiger partial charge in [-0.05, 0) is 37.9 Å². The van der Waals surface area contributed by atoms with E-state index in [0.717, 1.165) is 24.3 Å². The second-order valence-electron chi connectivity index (χ2n) is 4.94. The Kier molecular flexibility index (Phi) is 4.48. The lowest BCUT2D eigenvalue weighted by molar-refractivity contribution is 0.0602. The van der Waals surface area contributed by atoms with Gasteiger partial charge in [-0.3, -0.25) is 0 Å². The Morgan fingerprint density at radius 2 is 2.25 bits per heavy atom. The highest BCUT2D eigenvalue weighted by molar-refractivity contribution is 7.89. The van der Waals surface area contributed by atoms with Gasteiger partial charge in [-0.2, -0.15) is 0 Å². The Hall–Kier alpha value is -0.960. The molecule has 0 aromatic carbocycles. The van der Waals surface area contributed by atoms with Crippen molar-refractivity contribution in [2.45, 2.75) is 24.3 Å². The van der Waals surface area contributed by atoms with Gasteiger partial charge in [0.05, 0.1) is 7.11 Å². The molecule has 0 spiro atoms. The number of carbonyl (C=O) groups is 1. The minimum Gasteiger partial charge on any atom is -0.465 e. The maximum absolute atomic E-state index is 12.5. The summed E-state index contributed by atoms with van der Waals surface area (Å²) in [5.74, 6) is -0.619. The van der Waals surface area contributed by atoms with Crippen LogP contribution < -0.4 is 4.72 Å². The summed E-state index contributed by atoms with van der Waals surface area (Å²) >= 11 is 1.09. The maximum atomic E-state index is 12.5. The number of hydrogen-bond acceptors (Lipinski definition) is 6. The van der Waals surface area contributed by atoms with Crippen molar-refractivity contribution in [3.8, 4) is 0 Å². The number of sulfonamides is 1. The number of aryl methyl sites for hydroxylation is 1. The molecule has 1 aliphatic heterocycles. The number of nitrogens with zero attached hydrogens (tertiary/aromatic N) is 1. The van der Waals surface area contributed by atoms with Gasteiger partial charge in [0.15, 0.2) is 0 Å². The molecule has 20 heavy (non-hydrogen) atoms. The number of hydrogen-bond donors (Lipinski definition) is 1. The van der Waals surface area contributed by atoms with E-state index >= 15 is 0 Å². The van der Waals surface area contributed by atoms with Gasteiger partial charge in [0, 0.05) is 12.6 Å². The average molecular weight is 318 g/mol. The first-order valence-corrected chi connectivity index (χ1v) is 8.58. The summed E-state index contributed by atoms with van der Waals surface area (Å²) in [6.45, 7) is 3.22. The van der Waals surface area contributed by atoms with Gasteiger partial charge in [-0.15, -0.1) is 11.3 Å². The Labute approximate surface area is 122 Å². The van der Waals surface area contributed by atoms with Crippen LogP contribution in [0.25, 0.3) is 0 Å². The Bertz CT molecular complexity index is 609. The molecule has 0 aliphatic carbocycles. The third-order valence-corrected chi connectivity index (χ3v) is 6.18. The fourth-order valence-electron chi connectivity index (χ4n) is 2.31. The molecule has 1 N–H and O–H groups in total. The van der Waals surface area contributed by atoms with Gasteiger partial charge in [0.25, 0.3) is 0 Å². The first-order chi connectivity index (χ1) is 9.35. The van der Waals surface area contributed by atoms with Crippen molar-refractivity contribution in [1.82, 2.24) is 9.62 Å². The highest BCUT2D eigenvalue weighted by atomic mass is 32.2. The molecule has 1 fully saturated rings. The molecular formula is C12H18N2O4S2. The lowest BCUT2D eigenvalue weighted by Crippen LogP contribution is -2.37. The molecule has 1 aliphatic rings. The van der Waals surface area contributed by atoms with E-state index in [2.05, 4.69) is 14.4 Å².